The lowest BCUT2D eigenvalue weighted by molar-refractivity contribution is 0.880. The second-order valence-corrected chi connectivity index (χ2v) is 6.34. The van der Waals surface area contributed by atoms with Crippen LogP contribution in [0.5, 0.6) is 0 Å². The van der Waals surface area contributed by atoms with E-state index in [9.17, 15) is 0 Å². The van der Waals surface area contributed by atoms with E-state index < -0.39 is 0 Å². The van der Waals surface area contributed by atoms with Crippen LogP contribution in [-0.4, -0.2) is 19.7 Å². The van der Waals surface area contributed by atoms with E-state index in [-0.39, 0.29) is 0 Å². The molecule has 0 fully saturated rings. The Morgan fingerprint density at radius 2 is 1.79 bits per heavy atom. The first-order chi connectivity index (χ1) is 11.9. The molecule has 0 bridgehead atoms. The molecular weight excluding hydrogens is 316 g/mol. The van der Waals surface area contributed by atoms with Gasteiger partial charge < -0.3 is 4.98 Å². The maximum absolute atomic E-state index is 4.46. The number of hydrogen-bond acceptors (Lipinski definition) is 3. The third-order valence-corrected chi connectivity index (χ3v) is 4.68. The number of H-pyrrole nitrogens is 1. The third kappa shape index (κ3) is 3.26. The molecule has 4 aromatic rings. The Labute approximate surface area is 144 Å². The normalized spacial score (nSPS) is 10.8. The zero-order valence-electron chi connectivity index (χ0n) is 13.0. The van der Waals surface area contributed by atoms with E-state index in [1.807, 2.05) is 41.3 Å². The van der Waals surface area contributed by atoms with Crippen LogP contribution in [0.4, 0.5) is 0 Å². The second-order valence-electron chi connectivity index (χ2n) is 5.37. The number of rotatable bonds is 5. The highest BCUT2D eigenvalue weighted by Gasteiger charge is 2.04. The SMILES string of the molecule is c1ccc(-c2cnc(SCc3ccc(-n4cccn4)cc3)[nH]2)cc1. The van der Waals surface area contributed by atoms with E-state index in [0.717, 1.165) is 27.9 Å². The molecule has 2 aromatic carbocycles. The van der Waals surface area contributed by atoms with Gasteiger partial charge in [0.2, 0.25) is 0 Å². The zero-order valence-corrected chi connectivity index (χ0v) is 13.8. The minimum absolute atomic E-state index is 0.876. The maximum Gasteiger partial charge on any atom is 0.166 e. The number of thioether (sulfide) groups is 1. The van der Waals surface area contributed by atoms with Crippen molar-refractivity contribution in [1.82, 2.24) is 19.7 Å². The standard InChI is InChI=1S/C19H16N4S/c1-2-5-16(6-3-1)18-13-20-19(22-18)24-14-15-7-9-17(10-8-15)23-12-4-11-21-23/h1-13H,14H2,(H,20,22). The molecule has 118 valence electrons. The van der Waals surface area contributed by atoms with Gasteiger partial charge in [0, 0.05) is 18.1 Å². The van der Waals surface area contributed by atoms with Crippen LogP contribution in [0, 0.1) is 0 Å². The Morgan fingerprint density at radius 1 is 0.958 bits per heavy atom. The van der Waals surface area contributed by atoms with E-state index in [1.165, 1.54) is 5.56 Å². The molecule has 24 heavy (non-hydrogen) atoms. The maximum atomic E-state index is 4.46. The van der Waals surface area contributed by atoms with Gasteiger partial charge in [-0.15, -0.1) is 0 Å². The van der Waals surface area contributed by atoms with Crippen molar-refractivity contribution in [3.05, 3.63) is 84.8 Å². The van der Waals surface area contributed by atoms with E-state index in [0.29, 0.717) is 0 Å². The molecule has 0 saturated carbocycles. The number of benzene rings is 2. The summed E-state index contributed by atoms with van der Waals surface area (Å²) in [5.41, 5.74) is 4.53. The number of aromatic amines is 1. The lowest BCUT2D eigenvalue weighted by Gasteiger charge is -2.03. The highest BCUT2D eigenvalue weighted by Crippen LogP contribution is 2.24. The van der Waals surface area contributed by atoms with Gasteiger partial charge in [0.1, 0.15) is 0 Å². The van der Waals surface area contributed by atoms with Crippen LogP contribution in [-0.2, 0) is 5.75 Å². The fraction of sp³-hybridized carbons (Fsp3) is 0.0526. The highest BCUT2D eigenvalue weighted by atomic mass is 32.2. The van der Waals surface area contributed by atoms with Crippen molar-refractivity contribution >= 4 is 11.8 Å². The molecule has 4 rings (SSSR count). The van der Waals surface area contributed by atoms with E-state index in [1.54, 1.807) is 18.0 Å². The number of hydrogen-bond donors (Lipinski definition) is 1. The topological polar surface area (TPSA) is 46.5 Å². The molecule has 0 aliphatic carbocycles. The Morgan fingerprint density at radius 3 is 2.54 bits per heavy atom. The summed E-state index contributed by atoms with van der Waals surface area (Å²) in [6, 6.07) is 20.6. The Kier molecular flexibility index (Phi) is 4.16. The van der Waals surface area contributed by atoms with E-state index >= 15 is 0 Å². The molecular formula is C19H16N4S. The quantitative estimate of drug-likeness (QED) is 0.545. The largest absolute Gasteiger partial charge is 0.333 e. The van der Waals surface area contributed by atoms with Crippen molar-refractivity contribution in [2.24, 2.45) is 0 Å². The summed E-state index contributed by atoms with van der Waals surface area (Å²) in [5.74, 6) is 0.876. The van der Waals surface area contributed by atoms with E-state index in [4.69, 9.17) is 0 Å². The van der Waals surface area contributed by atoms with Crippen molar-refractivity contribution < 1.29 is 0 Å². The summed E-state index contributed by atoms with van der Waals surface area (Å²) in [4.78, 5) is 7.83. The Bertz CT molecular complexity index is 896. The fourth-order valence-electron chi connectivity index (χ4n) is 2.46. The average Bonchev–Trinajstić information content (AvgIpc) is 3.33. The Hall–Kier alpha value is -2.79. The summed E-state index contributed by atoms with van der Waals surface area (Å²) in [7, 11) is 0. The van der Waals surface area contributed by atoms with Crippen molar-refractivity contribution in [3.8, 4) is 16.9 Å². The van der Waals surface area contributed by atoms with Crippen LogP contribution in [0.2, 0.25) is 0 Å². The smallest absolute Gasteiger partial charge is 0.166 e. The van der Waals surface area contributed by atoms with Crippen molar-refractivity contribution in [2.75, 3.05) is 0 Å². The predicted octanol–water partition coefficient (Wildman–Crippen LogP) is 4.55. The number of imidazole rings is 1. The summed E-state index contributed by atoms with van der Waals surface area (Å²) in [6.45, 7) is 0. The van der Waals surface area contributed by atoms with Gasteiger partial charge in [0.25, 0.3) is 0 Å². The number of nitrogens with one attached hydrogen (secondary N) is 1. The molecule has 5 heteroatoms. The summed E-state index contributed by atoms with van der Waals surface area (Å²) >= 11 is 1.70. The number of nitrogens with zero attached hydrogens (tertiary/aromatic N) is 3. The monoisotopic (exact) mass is 332 g/mol. The molecule has 0 unspecified atom stereocenters. The Balaban J connectivity index is 1.41. The van der Waals surface area contributed by atoms with Gasteiger partial charge in [0.15, 0.2) is 5.16 Å². The summed E-state index contributed by atoms with van der Waals surface area (Å²) in [6.07, 6.45) is 5.61. The fourth-order valence-corrected chi connectivity index (χ4v) is 3.26. The van der Waals surface area contributed by atoms with Crippen molar-refractivity contribution in [1.29, 1.82) is 0 Å². The average molecular weight is 332 g/mol. The summed E-state index contributed by atoms with van der Waals surface area (Å²) < 4.78 is 1.86. The molecule has 0 radical (unpaired) electrons. The molecule has 0 saturated heterocycles. The van der Waals surface area contributed by atoms with Crippen molar-refractivity contribution in [2.45, 2.75) is 10.9 Å². The molecule has 0 aliphatic heterocycles. The first-order valence-corrected chi connectivity index (χ1v) is 8.69. The van der Waals surface area contributed by atoms with Gasteiger partial charge >= 0.3 is 0 Å². The molecule has 0 amide bonds. The number of aromatic nitrogens is 4. The van der Waals surface area contributed by atoms with Gasteiger partial charge in [-0.3, -0.25) is 0 Å². The highest BCUT2D eigenvalue weighted by molar-refractivity contribution is 7.98. The molecule has 2 aromatic heterocycles. The van der Waals surface area contributed by atoms with Crippen LogP contribution in [0.3, 0.4) is 0 Å². The van der Waals surface area contributed by atoms with Gasteiger partial charge in [-0.1, -0.05) is 54.2 Å². The molecule has 4 nitrogen and oxygen atoms in total. The molecule has 0 aliphatic rings. The van der Waals surface area contributed by atoms with Gasteiger partial charge in [-0.2, -0.15) is 5.10 Å². The predicted molar refractivity (Wildman–Crippen MR) is 97.1 cm³/mol. The lowest BCUT2D eigenvalue weighted by atomic mass is 10.2. The van der Waals surface area contributed by atoms with E-state index in [2.05, 4.69) is 51.5 Å². The molecule has 0 atom stereocenters. The molecule has 1 N–H and O–H groups in total. The second kappa shape index (κ2) is 6.76. The van der Waals surface area contributed by atoms with Crippen LogP contribution in [0.25, 0.3) is 16.9 Å². The lowest BCUT2D eigenvalue weighted by Crippen LogP contribution is -1.93. The van der Waals surface area contributed by atoms with Crippen LogP contribution >= 0.6 is 11.8 Å². The van der Waals surface area contributed by atoms with Crippen LogP contribution in [0.15, 0.2) is 84.4 Å². The van der Waals surface area contributed by atoms with Gasteiger partial charge in [-0.25, -0.2) is 9.67 Å². The van der Waals surface area contributed by atoms with Crippen LogP contribution in [0.1, 0.15) is 5.56 Å². The minimum atomic E-state index is 0.876. The van der Waals surface area contributed by atoms with Gasteiger partial charge in [0.05, 0.1) is 17.6 Å². The van der Waals surface area contributed by atoms with Gasteiger partial charge in [-0.05, 0) is 29.3 Å². The third-order valence-electron chi connectivity index (χ3n) is 3.72. The minimum Gasteiger partial charge on any atom is -0.333 e. The first-order valence-electron chi connectivity index (χ1n) is 7.71. The first kappa shape index (κ1) is 14.8. The van der Waals surface area contributed by atoms with Crippen molar-refractivity contribution in [3.63, 3.8) is 0 Å². The molecule has 0 spiro atoms. The zero-order chi connectivity index (χ0) is 16.2. The molecule has 2 heterocycles. The van der Waals surface area contributed by atoms with Crippen LogP contribution < -0.4 is 0 Å². The summed E-state index contributed by atoms with van der Waals surface area (Å²) in [5, 5.41) is 5.17.